The summed E-state index contributed by atoms with van der Waals surface area (Å²) in [4.78, 5) is 57.9. The van der Waals surface area contributed by atoms with E-state index in [0.29, 0.717) is 33.6 Å². The molecule has 13 aromatic rings. The van der Waals surface area contributed by atoms with Crippen LogP contribution in [0, 0.1) is 0 Å². The third-order valence-corrected chi connectivity index (χ3v) is 23.1. The van der Waals surface area contributed by atoms with Crippen LogP contribution in [-0.2, 0) is 53.6 Å². The van der Waals surface area contributed by atoms with Crippen molar-refractivity contribution in [3.8, 4) is 34.1 Å². The van der Waals surface area contributed by atoms with Crippen LogP contribution in [-0.4, -0.2) is 85.4 Å². The van der Waals surface area contributed by atoms with Crippen LogP contribution >= 0.6 is 12.4 Å². The van der Waals surface area contributed by atoms with Gasteiger partial charge < -0.3 is 60.1 Å². The molecule has 0 amide bonds. The molecule has 0 bridgehead atoms. The number of fused-ring (bicyclic) bond motifs is 15. The summed E-state index contributed by atoms with van der Waals surface area (Å²) >= 11 is 0. The number of carbonyl (C=O) groups is 4. The summed E-state index contributed by atoms with van der Waals surface area (Å²) in [5.41, 5.74) is 30.9. The number of rotatable bonds is 5. The number of phenols is 2. The number of phenolic OH excluding ortho intramolecular Hbond substituents is 2. The number of ether oxygens (including phenoxy) is 3. The monoisotopic (exact) mass is 1470 g/mol. The first-order valence-corrected chi connectivity index (χ1v) is 37.4. The van der Waals surface area contributed by atoms with Gasteiger partial charge in [0.15, 0.2) is 11.4 Å². The number of nitrogens with two attached hydrogens (primary N) is 3. The van der Waals surface area contributed by atoms with E-state index in [1.807, 2.05) is 103 Å². The fourth-order valence-electron chi connectivity index (χ4n) is 18.5. The summed E-state index contributed by atoms with van der Waals surface area (Å²) < 4.78 is 25.4. The number of aromatic carboxylic acids is 1. The molecule has 0 fully saturated rings. The number of hydrogen-bond acceptors (Lipinski definition) is 15. The van der Waals surface area contributed by atoms with Crippen molar-refractivity contribution in [2.24, 2.45) is 0 Å². The first-order valence-electron chi connectivity index (χ1n) is 37.4. The first-order chi connectivity index (χ1) is 52.7. The van der Waals surface area contributed by atoms with Gasteiger partial charge in [0.1, 0.15) is 34.2 Å². The second kappa shape index (κ2) is 27.8. The largest absolute Gasteiger partial charge is 0.507 e. The molecule has 9 heterocycles. The van der Waals surface area contributed by atoms with Crippen LogP contribution in [0.3, 0.4) is 0 Å². The van der Waals surface area contributed by atoms with Gasteiger partial charge in [0.2, 0.25) is 5.36 Å². The van der Waals surface area contributed by atoms with E-state index in [4.69, 9.17) is 35.5 Å². The Labute approximate surface area is 634 Å². The quantitative estimate of drug-likeness (QED) is 0.0308. The van der Waals surface area contributed by atoms with Crippen LogP contribution in [0.1, 0.15) is 136 Å². The van der Waals surface area contributed by atoms with E-state index in [0.717, 1.165) is 221 Å². The maximum absolute atomic E-state index is 13.3. The number of benzene rings is 12. The number of halogens is 1. The Kier molecular flexibility index (Phi) is 17.8. The number of carbonyl (C=O) groups excluding carboxylic acids is 3. The molecule has 17 nitrogen and oxygen atoms in total. The summed E-state index contributed by atoms with van der Waals surface area (Å²) in [5, 5.41) is 44.3. The maximum Gasteiger partial charge on any atom is 0.340 e. The molecule has 0 radical (unpaired) electrons. The minimum absolute atomic E-state index is 0. The Morgan fingerprint density at radius 2 is 1.02 bits per heavy atom. The van der Waals surface area contributed by atoms with Gasteiger partial charge in [0.05, 0.1) is 34.7 Å². The third-order valence-electron chi connectivity index (χ3n) is 23.1. The molecule has 109 heavy (non-hydrogen) atoms. The molecule has 18 heteroatoms. The van der Waals surface area contributed by atoms with Gasteiger partial charge in [-0.3, -0.25) is 10.2 Å². The van der Waals surface area contributed by atoms with Gasteiger partial charge in [-0.2, -0.15) is 0 Å². The number of hydrogen-bond donors (Lipinski definition) is 6. The molecule has 0 aliphatic carbocycles. The number of carboxylic acids is 1. The van der Waals surface area contributed by atoms with Crippen molar-refractivity contribution in [1.82, 2.24) is 0 Å². The number of aromatic hydroxyl groups is 2. The van der Waals surface area contributed by atoms with Crippen LogP contribution in [0.15, 0.2) is 192 Å². The minimum atomic E-state index is -1.14. The molecular weight excluding hydrogens is 1390 g/mol. The number of aryl methyl sites for hydroxylation is 4. The minimum Gasteiger partial charge on any atom is -0.507 e. The van der Waals surface area contributed by atoms with Crippen molar-refractivity contribution >= 4 is 119 Å². The van der Waals surface area contributed by atoms with Gasteiger partial charge in [-0.15, -0.1) is 12.4 Å². The number of methoxy groups -OCH3 is 1. The lowest BCUT2D eigenvalue weighted by Crippen LogP contribution is -2.44. The molecule has 12 aromatic carbocycles. The highest BCUT2D eigenvalue weighted by molar-refractivity contribution is 6.19. The van der Waals surface area contributed by atoms with Gasteiger partial charge in [-0.25, -0.2) is 14.4 Å². The molecule has 1 spiro atoms. The number of nitrogens with zero attached hydrogens (tertiary/aromatic N) is 3. The zero-order chi connectivity index (χ0) is 73.8. The van der Waals surface area contributed by atoms with Gasteiger partial charge in [0.25, 0.3) is 0 Å². The third kappa shape index (κ3) is 11.4. The highest BCUT2D eigenvalue weighted by Crippen LogP contribution is 2.61. The molecular formula is C91H80ClN6O11+. The normalized spacial score (nSPS) is 16.4. The Hall–Kier alpha value is -12.3. The lowest BCUT2D eigenvalue weighted by atomic mass is 9.74. The van der Waals surface area contributed by atoms with Crippen molar-refractivity contribution < 1.29 is 58.5 Å². The van der Waals surface area contributed by atoms with Gasteiger partial charge in [-0.05, 0) is 182 Å². The second-order valence-electron chi connectivity index (χ2n) is 29.2. The SMILES string of the molecule is COC(=O)c1ccccc1-c1c2cc3c4c(c2oc2c1ccc1cccc(=[NH2+])c12)CCCN4CCC3.Cl.Nc1cccc2ccc3c(c12)Oc1c(cc2c4c1CCCN4CCC2)C31OC(=O)c2ccccc21.Nc1cccc2cccc(O)c12.O=C(O)c1ccccc1C(=O)c1cc2c3c(c1O)CCCN3CCC2. The molecule has 546 valence electrons. The Morgan fingerprint density at radius 1 is 0.486 bits per heavy atom. The summed E-state index contributed by atoms with van der Waals surface area (Å²) in [6.07, 6.45) is 12.1. The highest BCUT2D eigenvalue weighted by Gasteiger charge is 2.55. The lowest BCUT2D eigenvalue weighted by molar-refractivity contribution is -0.170. The summed E-state index contributed by atoms with van der Waals surface area (Å²) in [6, 6.07) is 59.0. The highest BCUT2D eigenvalue weighted by atomic mass is 35.5. The molecule has 1 atom stereocenters. The molecule has 0 saturated heterocycles. The fourth-order valence-corrected chi connectivity index (χ4v) is 18.5. The van der Waals surface area contributed by atoms with Crippen LogP contribution in [0.4, 0.5) is 28.4 Å². The first kappa shape index (κ1) is 69.7. The van der Waals surface area contributed by atoms with Crippen LogP contribution in [0.5, 0.6) is 23.0 Å². The predicted octanol–water partition coefficient (Wildman–Crippen LogP) is 15.8. The fraction of sp³-hybridized carbons (Fsp3) is 0.220. The van der Waals surface area contributed by atoms with E-state index in [2.05, 4.69) is 51.1 Å². The van der Waals surface area contributed by atoms with Crippen molar-refractivity contribution in [2.75, 3.05) is 72.5 Å². The molecule has 1 unspecified atom stereocenters. The summed E-state index contributed by atoms with van der Waals surface area (Å²) in [5.74, 6) is -0.441. The van der Waals surface area contributed by atoms with Crippen molar-refractivity contribution in [3.63, 3.8) is 0 Å². The standard InChI is InChI=1S/C31H26N2O3.C30H24N2O3.C20H19NO4.C10H9NO.ClH/c1-35-31(34)21-10-3-2-9-20(21)27-22-14-13-18-7-4-12-25(32)26(18)30(22)36-29-23-11-6-16-33-15-5-8-19(28(23)33)17-24(27)29;31-24-11-3-6-17-12-13-22-28(25(17)24)34-27-20-9-5-15-32-14-4-7-18(26(20)32)16-23(27)30(22)21-10-2-1-8-19(21)29(33)35-30;22-18(13-6-1-2-7-14(13)20(24)25)16-11-12-5-3-9-21-10-4-8-15(17(12)21)19(16)23;11-8-5-1-3-7-4-2-6-9(12)10(7)8;/h2-4,7,9-10,12-14,17,32H,5-6,8,11,15-16H2,1H3;1-3,6,8,10-13,16H,4-5,7,9,14-15,31H2;1-2,6-7,11,23H,3-5,8-10H2,(H,24,25);1-6,12H,11H2;1H/p+1. The van der Waals surface area contributed by atoms with E-state index in [9.17, 15) is 34.5 Å². The van der Waals surface area contributed by atoms with Crippen LogP contribution in [0.25, 0.3) is 65.4 Å². The van der Waals surface area contributed by atoms with E-state index >= 15 is 0 Å². The molecule has 1 aromatic heterocycles. The zero-order valence-corrected chi connectivity index (χ0v) is 61.0. The predicted molar refractivity (Wildman–Crippen MR) is 428 cm³/mol. The van der Waals surface area contributed by atoms with Gasteiger partial charge in [-0.1, -0.05) is 115 Å². The number of nitrogen functional groups attached to an aromatic ring is 2. The second-order valence-corrected chi connectivity index (χ2v) is 29.2. The van der Waals surface area contributed by atoms with E-state index in [1.165, 1.54) is 52.9 Å². The Morgan fingerprint density at radius 3 is 1.69 bits per heavy atom. The average Bonchev–Trinajstić information content (AvgIpc) is 1.64. The number of anilines is 5. The lowest BCUT2D eigenvalue weighted by Gasteiger charge is -2.43. The summed E-state index contributed by atoms with van der Waals surface area (Å²) in [7, 11) is 1.43. The van der Waals surface area contributed by atoms with E-state index < -0.39 is 17.4 Å². The maximum atomic E-state index is 13.3. The summed E-state index contributed by atoms with van der Waals surface area (Å²) in [6.45, 7) is 6.30. The molecule has 8 aliphatic rings. The number of ketones is 1. The van der Waals surface area contributed by atoms with Crippen molar-refractivity contribution in [2.45, 2.75) is 82.7 Å². The smallest absolute Gasteiger partial charge is 0.340 e. The van der Waals surface area contributed by atoms with Crippen molar-refractivity contribution in [1.29, 1.82) is 0 Å². The van der Waals surface area contributed by atoms with Gasteiger partial charge in [0, 0.05) is 140 Å². The molecule has 0 saturated carbocycles. The topological polar surface area (TPSA) is 257 Å². The van der Waals surface area contributed by atoms with E-state index in [-0.39, 0.29) is 52.5 Å². The Balaban J connectivity index is 0.000000112. The number of carboxylic acid groups (broad SMARTS) is 1. The van der Waals surface area contributed by atoms with Crippen molar-refractivity contribution in [3.05, 3.63) is 271 Å². The zero-order valence-electron chi connectivity index (χ0n) is 60.2. The van der Waals surface area contributed by atoms with Gasteiger partial charge >= 0.3 is 17.9 Å². The molecule has 8 aliphatic heterocycles. The average molecular weight is 1470 g/mol. The van der Waals surface area contributed by atoms with E-state index in [1.54, 1.807) is 36.4 Å². The molecule has 21 rings (SSSR count). The molecule has 9 N–H and O–H groups in total. The number of esters is 2. The van der Waals surface area contributed by atoms with Crippen LogP contribution in [0.2, 0.25) is 0 Å². The van der Waals surface area contributed by atoms with Crippen LogP contribution < -0.4 is 41.7 Å². The Bertz CT molecular complexity index is 6050.